The summed E-state index contributed by atoms with van der Waals surface area (Å²) in [5, 5.41) is 0. The lowest BCUT2D eigenvalue weighted by Crippen LogP contribution is -2.34. The summed E-state index contributed by atoms with van der Waals surface area (Å²) in [4.78, 5) is 30.3. The highest BCUT2D eigenvalue weighted by Crippen LogP contribution is 2.36. The molecule has 1 heterocycles. The lowest BCUT2D eigenvalue weighted by atomic mass is 10.0. The number of carbonyl (C=O) groups is 2. The van der Waals surface area contributed by atoms with Crippen LogP contribution in [0.15, 0.2) is 84.6 Å². The van der Waals surface area contributed by atoms with Crippen molar-refractivity contribution in [1.29, 1.82) is 0 Å². The molecule has 0 unspecified atom stereocenters. The molecule has 0 aromatic heterocycles. The van der Waals surface area contributed by atoms with E-state index in [1.54, 1.807) is 4.90 Å². The van der Waals surface area contributed by atoms with Gasteiger partial charge in [0.05, 0.1) is 11.3 Å². The molecular weight excluding hydrogens is 384 g/mol. The number of anilines is 2. The van der Waals surface area contributed by atoms with Crippen LogP contribution in [0.3, 0.4) is 0 Å². The van der Waals surface area contributed by atoms with Gasteiger partial charge in [-0.05, 0) is 48.2 Å². The van der Waals surface area contributed by atoms with Gasteiger partial charge in [-0.25, -0.2) is 4.90 Å². The second-order valence-corrected chi connectivity index (χ2v) is 8.18. The molecule has 4 rings (SSSR count). The van der Waals surface area contributed by atoms with Crippen molar-refractivity contribution >= 4 is 28.8 Å². The molecule has 156 valence electrons. The summed E-state index contributed by atoms with van der Waals surface area (Å²) >= 11 is 0. The van der Waals surface area contributed by atoms with E-state index in [4.69, 9.17) is 0 Å². The Kier molecular flexibility index (Phi) is 5.47. The van der Waals surface area contributed by atoms with E-state index in [0.717, 1.165) is 22.4 Å². The number of hydrogen-bond donors (Lipinski definition) is 0. The number of hydrogen-bond acceptors (Lipinski definition) is 3. The zero-order valence-electron chi connectivity index (χ0n) is 18.3. The first-order valence-electron chi connectivity index (χ1n) is 10.5. The van der Waals surface area contributed by atoms with Crippen LogP contribution in [0.5, 0.6) is 0 Å². The lowest BCUT2D eigenvalue weighted by Gasteiger charge is -2.21. The van der Waals surface area contributed by atoms with Crippen LogP contribution in [0.2, 0.25) is 0 Å². The summed E-state index contributed by atoms with van der Waals surface area (Å²) in [6, 6.07) is 25.0. The molecule has 0 saturated heterocycles. The molecule has 0 N–H and O–H groups in total. The van der Waals surface area contributed by atoms with Gasteiger partial charge in [0, 0.05) is 12.7 Å². The standard InChI is InChI=1S/C27H26N2O2/c1-18(2)20-14-16-23(17-15-20)29-26(30)24(21-12-10-19(3)11-13-21)25(27(29)31)28(4)22-8-6-5-7-9-22/h5-18H,1-4H3. The topological polar surface area (TPSA) is 40.6 Å². The molecule has 4 heteroatoms. The van der Waals surface area contributed by atoms with Gasteiger partial charge in [-0.2, -0.15) is 0 Å². The van der Waals surface area contributed by atoms with Gasteiger partial charge < -0.3 is 4.90 Å². The predicted molar refractivity (Wildman–Crippen MR) is 126 cm³/mol. The minimum absolute atomic E-state index is 0.302. The van der Waals surface area contributed by atoms with Crippen LogP contribution >= 0.6 is 0 Å². The summed E-state index contributed by atoms with van der Waals surface area (Å²) in [5.41, 5.74) is 5.23. The van der Waals surface area contributed by atoms with Gasteiger partial charge >= 0.3 is 0 Å². The fraction of sp³-hybridized carbons (Fsp3) is 0.185. The van der Waals surface area contributed by atoms with E-state index in [2.05, 4.69) is 13.8 Å². The molecular formula is C27H26N2O2. The normalized spacial score (nSPS) is 14.0. The molecule has 1 aliphatic heterocycles. The SMILES string of the molecule is Cc1ccc(C2=C(N(C)c3ccccc3)C(=O)N(c3ccc(C(C)C)cc3)C2=O)cc1. The number of nitrogens with zero attached hydrogens (tertiary/aromatic N) is 2. The summed E-state index contributed by atoms with van der Waals surface area (Å²) < 4.78 is 0. The summed E-state index contributed by atoms with van der Waals surface area (Å²) in [7, 11) is 1.83. The molecule has 3 aromatic carbocycles. The smallest absolute Gasteiger partial charge is 0.282 e. The third-order valence-corrected chi connectivity index (χ3v) is 5.70. The molecule has 0 bridgehead atoms. The maximum Gasteiger partial charge on any atom is 0.282 e. The van der Waals surface area contributed by atoms with Gasteiger partial charge in [-0.3, -0.25) is 9.59 Å². The van der Waals surface area contributed by atoms with Crippen LogP contribution in [-0.4, -0.2) is 18.9 Å². The van der Waals surface area contributed by atoms with E-state index < -0.39 is 0 Å². The predicted octanol–water partition coefficient (Wildman–Crippen LogP) is 5.54. The number of imide groups is 1. The number of benzene rings is 3. The molecule has 0 radical (unpaired) electrons. The van der Waals surface area contributed by atoms with E-state index in [9.17, 15) is 9.59 Å². The second-order valence-electron chi connectivity index (χ2n) is 8.18. The molecule has 0 spiro atoms. The zero-order valence-corrected chi connectivity index (χ0v) is 18.3. The van der Waals surface area contributed by atoms with Crippen LogP contribution < -0.4 is 9.80 Å². The molecule has 4 nitrogen and oxygen atoms in total. The summed E-state index contributed by atoms with van der Waals surface area (Å²) in [6.07, 6.45) is 0. The van der Waals surface area contributed by atoms with E-state index in [-0.39, 0.29) is 11.8 Å². The fourth-order valence-corrected chi connectivity index (χ4v) is 3.83. The Bertz CT molecular complexity index is 1140. The number of aryl methyl sites for hydroxylation is 1. The Morgan fingerprint density at radius 3 is 1.97 bits per heavy atom. The van der Waals surface area contributed by atoms with Gasteiger partial charge in [0.15, 0.2) is 0 Å². The maximum absolute atomic E-state index is 13.6. The van der Waals surface area contributed by atoms with Crippen molar-refractivity contribution < 1.29 is 9.59 Å². The van der Waals surface area contributed by atoms with E-state index in [0.29, 0.717) is 22.9 Å². The molecule has 0 fully saturated rings. The summed E-state index contributed by atoms with van der Waals surface area (Å²) in [6.45, 7) is 6.23. The number of carbonyl (C=O) groups excluding carboxylic acids is 2. The fourth-order valence-electron chi connectivity index (χ4n) is 3.83. The van der Waals surface area contributed by atoms with Crippen LogP contribution in [-0.2, 0) is 9.59 Å². The highest BCUT2D eigenvalue weighted by molar-refractivity contribution is 6.46. The van der Waals surface area contributed by atoms with Crippen LogP contribution in [0.25, 0.3) is 5.57 Å². The number of amides is 2. The quantitative estimate of drug-likeness (QED) is 0.519. The first-order chi connectivity index (χ1) is 14.9. The van der Waals surface area contributed by atoms with E-state index in [1.165, 1.54) is 4.90 Å². The molecule has 0 atom stereocenters. The molecule has 2 amide bonds. The third-order valence-electron chi connectivity index (χ3n) is 5.70. The van der Waals surface area contributed by atoms with Crippen LogP contribution in [0, 0.1) is 6.92 Å². The van der Waals surface area contributed by atoms with Gasteiger partial charge in [-0.1, -0.05) is 74.0 Å². The third kappa shape index (κ3) is 3.77. The summed E-state index contributed by atoms with van der Waals surface area (Å²) in [5.74, 6) is -0.242. The Morgan fingerprint density at radius 1 is 0.774 bits per heavy atom. The average Bonchev–Trinajstić information content (AvgIpc) is 3.04. The van der Waals surface area contributed by atoms with Gasteiger partial charge in [0.1, 0.15) is 5.70 Å². The largest absolute Gasteiger partial charge is 0.339 e. The number of rotatable bonds is 5. The molecule has 31 heavy (non-hydrogen) atoms. The van der Waals surface area contributed by atoms with Crippen molar-refractivity contribution in [3.05, 3.63) is 101 Å². The Balaban J connectivity index is 1.83. The monoisotopic (exact) mass is 410 g/mol. The van der Waals surface area contributed by atoms with Gasteiger partial charge in [0.2, 0.25) is 0 Å². The van der Waals surface area contributed by atoms with Crippen molar-refractivity contribution in [2.75, 3.05) is 16.8 Å². The van der Waals surface area contributed by atoms with Crippen LogP contribution in [0.4, 0.5) is 11.4 Å². The van der Waals surface area contributed by atoms with Gasteiger partial charge in [-0.15, -0.1) is 0 Å². The average molecular weight is 411 g/mol. The maximum atomic E-state index is 13.6. The minimum atomic E-state index is -0.316. The second kappa shape index (κ2) is 8.23. The molecule has 3 aromatic rings. The highest BCUT2D eigenvalue weighted by Gasteiger charge is 2.42. The van der Waals surface area contributed by atoms with Crippen molar-refractivity contribution in [3.8, 4) is 0 Å². The highest BCUT2D eigenvalue weighted by atomic mass is 16.2. The van der Waals surface area contributed by atoms with Crippen molar-refractivity contribution in [1.82, 2.24) is 0 Å². The Morgan fingerprint density at radius 2 is 1.39 bits per heavy atom. The number of para-hydroxylation sites is 1. The van der Waals surface area contributed by atoms with Crippen molar-refractivity contribution in [3.63, 3.8) is 0 Å². The van der Waals surface area contributed by atoms with E-state index in [1.807, 2.05) is 92.8 Å². The minimum Gasteiger partial charge on any atom is -0.339 e. The van der Waals surface area contributed by atoms with Crippen molar-refractivity contribution in [2.24, 2.45) is 0 Å². The molecule has 0 aliphatic carbocycles. The first-order valence-corrected chi connectivity index (χ1v) is 10.5. The Labute approximate surface area is 183 Å². The van der Waals surface area contributed by atoms with Crippen molar-refractivity contribution in [2.45, 2.75) is 26.7 Å². The van der Waals surface area contributed by atoms with Gasteiger partial charge in [0.25, 0.3) is 11.8 Å². The van der Waals surface area contributed by atoms with Crippen LogP contribution in [0.1, 0.15) is 36.5 Å². The number of likely N-dealkylation sites (N-methyl/N-ethyl adjacent to an activating group) is 1. The lowest BCUT2D eigenvalue weighted by molar-refractivity contribution is -0.120. The first kappa shape index (κ1) is 20.6. The Hall–Kier alpha value is -3.66. The van der Waals surface area contributed by atoms with E-state index >= 15 is 0 Å². The molecule has 0 saturated carbocycles. The zero-order chi connectivity index (χ0) is 22.1. The molecule has 1 aliphatic rings.